The second-order valence-corrected chi connectivity index (χ2v) is 7.68. The zero-order chi connectivity index (χ0) is 14.1. The molecule has 0 fully saturated rings. The highest BCUT2D eigenvalue weighted by Gasteiger charge is 2.22. The molecule has 0 saturated heterocycles. The second kappa shape index (κ2) is 9.03. The maximum absolute atomic E-state index is 12.0. The molecule has 0 rings (SSSR count). The first-order valence-corrected chi connectivity index (χ1v) is 9.14. The Morgan fingerprint density at radius 2 is 1.22 bits per heavy atom. The molecule has 0 amide bonds. The fourth-order valence-electron chi connectivity index (χ4n) is 1.17. The Bertz CT molecular complexity index is 323. The van der Waals surface area contributed by atoms with Crippen LogP contribution >= 0.6 is 15.2 Å². The van der Waals surface area contributed by atoms with Crippen molar-refractivity contribution in [3.63, 3.8) is 0 Å². The molecule has 0 bridgehead atoms. The maximum atomic E-state index is 12.0. The number of hydrogen-bond acceptors (Lipinski definition) is 6. The normalized spacial score (nSPS) is 13.3. The lowest BCUT2D eigenvalue weighted by Gasteiger charge is -2.15. The van der Waals surface area contributed by atoms with Crippen molar-refractivity contribution < 1.29 is 27.2 Å². The van der Waals surface area contributed by atoms with Crippen molar-refractivity contribution in [1.29, 1.82) is 0 Å². The van der Waals surface area contributed by atoms with Crippen LogP contribution < -0.4 is 0 Å². The van der Waals surface area contributed by atoms with Crippen molar-refractivity contribution in [2.75, 3.05) is 39.8 Å². The SMILES string of the molecule is CCOP(=O)(C/C=C/CP(=O)(OC)OC)OCC. The minimum absolute atomic E-state index is 0.123. The van der Waals surface area contributed by atoms with Crippen molar-refractivity contribution in [2.45, 2.75) is 13.8 Å². The van der Waals surface area contributed by atoms with Gasteiger partial charge in [-0.15, -0.1) is 0 Å². The van der Waals surface area contributed by atoms with Crippen LogP contribution in [0.1, 0.15) is 13.8 Å². The molecule has 0 aliphatic heterocycles. The van der Waals surface area contributed by atoms with Gasteiger partial charge in [-0.25, -0.2) is 0 Å². The zero-order valence-corrected chi connectivity index (χ0v) is 13.1. The van der Waals surface area contributed by atoms with Gasteiger partial charge >= 0.3 is 15.2 Å². The van der Waals surface area contributed by atoms with E-state index in [2.05, 4.69) is 0 Å². The third-order valence-electron chi connectivity index (χ3n) is 2.03. The summed E-state index contributed by atoms with van der Waals surface area (Å²) in [4.78, 5) is 0. The summed E-state index contributed by atoms with van der Waals surface area (Å²) < 4.78 is 43.5. The molecule has 6 nitrogen and oxygen atoms in total. The first-order valence-electron chi connectivity index (χ1n) is 5.69. The summed E-state index contributed by atoms with van der Waals surface area (Å²) in [5.74, 6) is 0. The van der Waals surface area contributed by atoms with Crippen molar-refractivity contribution in [1.82, 2.24) is 0 Å². The smallest absolute Gasteiger partial charge is 0.312 e. The van der Waals surface area contributed by atoms with Crippen molar-refractivity contribution in [3.05, 3.63) is 12.2 Å². The van der Waals surface area contributed by atoms with Crippen LogP contribution in [0.5, 0.6) is 0 Å². The van der Waals surface area contributed by atoms with Gasteiger partial charge in [-0.2, -0.15) is 0 Å². The van der Waals surface area contributed by atoms with Gasteiger partial charge in [-0.3, -0.25) is 9.13 Å². The lowest BCUT2D eigenvalue weighted by Crippen LogP contribution is -1.99. The Morgan fingerprint density at radius 1 is 0.833 bits per heavy atom. The highest BCUT2D eigenvalue weighted by molar-refractivity contribution is 7.54. The highest BCUT2D eigenvalue weighted by atomic mass is 31.2. The first-order chi connectivity index (χ1) is 8.45. The minimum Gasteiger partial charge on any atom is -0.312 e. The van der Waals surface area contributed by atoms with Crippen LogP contribution in [0.15, 0.2) is 12.2 Å². The summed E-state index contributed by atoms with van der Waals surface area (Å²) >= 11 is 0. The van der Waals surface area contributed by atoms with Gasteiger partial charge in [0.1, 0.15) is 0 Å². The minimum atomic E-state index is -3.08. The molecule has 0 N–H and O–H groups in total. The Labute approximate surface area is 109 Å². The van der Waals surface area contributed by atoms with E-state index in [4.69, 9.17) is 18.1 Å². The van der Waals surface area contributed by atoms with Gasteiger partial charge < -0.3 is 18.1 Å². The van der Waals surface area contributed by atoms with Gasteiger partial charge in [0.2, 0.25) is 0 Å². The lowest BCUT2D eigenvalue weighted by molar-refractivity contribution is 0.222. The van der Waals surface area contributed by atoms with E-state index in [1.165, 1.54) is 14.2 Å². The fourth-order valence-corrected chi connectivity index (χ4v) is 3.50. The number of allylic oxidation sites excluding steroid dienone is 2. The third-order valence-corrected chi connectivity index (χ3v) is 5.76. The monoisotopic (exact) mass is 300 g/mol. The molecule has 0 saturated carbocycles. The van der Waals surface area contributed by atoms with Crippen molar-refractivity contribution >= 4 is 15.2 Å². The maximum Gasteiger partial charge on any atom is 0.334 e. The van der Waals surface area contributed by atoms with E-state index in [9.17, 15) is 9.13 Å². The van der Waals surface area contributed by atoms with Gasteiger partial charge in [0, 0.05) is 14.2 Å². The summed E-state index contributed by atoms with van der Waals surface area (Å²) in [7, 11) is -3.48. The predicted octanol–water partition coefficient (Wildman–Crippen LogP) is 3.29. The van der Waals surface area contributed by atoms with Crippen LogP contribution in [0.3, 0.4) is 0 Å². The van der Waals surface area contributed by atoms with Gasteiger partial charge in [0.05, 0.1) is 25.5 Å². The van der Waals surface area contributed by atoms with E-state index in [0.29, 0.717) is 13.2 Å². The molecular weight excluding hydrogens is 278 g/mol. The van der Waals surface area contributed by atoms with Gasteiger partial charge in [-0.05, 0) is 13.8 Å². The van der Waals surface area contributed by atoms with Crippen LogP contribution in [0, 0.1) is 0 Å². The molecule has 0 spiro atoms. The zero-order valence-electron chi connectivity index (χ0n) is 11.3. The van der Waals surface area contributed by atoms with Crippen LogP contribution in [-0.2, 0) is 27.2 Å². The molecular formula is C10H22O6P2. The molecule has 0 aliphatic carbocycles. The molecule has 0 aromatic heterocycles. The van der Waals surface area contributed by atoms with Crippen LogP contribution in [0.4, 0.5) is 0 Å². The van der Waals surface area contributed by atoms with Crippen molar-refractivity contribution in [2.24, 2.45) is 0 Å². The molecule has 0 radical (unpaired) electrons. The Balaban J connectivity index is 4.36. The third kappa shape index (κ3) is 6.83. The molecule has 0 aliphatic rings. The van der Waals surface area contributed by atoms with E-state index in [-0.39, 0.29) is 12.3 Å². The highest BCUT2D eigenvalue weighted by Crippen LogP contribution is 2.49. The summed E-state index contributed by atoms with van der Waals surface area (Å²) in [6.45, 7) is 4.14. The largest absolute Gasteiger partial charge is 0.334 e. The molecule has 8 heteroatoms. The molecule has 108 valence electrons. The van der Waals surface area contributed by atoms with E-state index in [1.807, 2.05) is 0 Å². The van der Waals surface area contributed by atoms with Crippen LogP contribution in [0.2, 0.25) is 0 Å². The van der Waals surface area contributed by atoms with Crippen molar-refractivity contribution in [3.8, 4) is 0 Å². The Kier molecular flexibility index (Phi) is 9.05. The molecule has 0 unspecified atom stereocenters. The predicted molar refractivity (Wildman–Crippen MR) is 71.4 cm³/mol. The Hall–Kier alpha value is 0.0400. The van der Waals surface area contributed by atoms with E-state index >= 15 is 0 Å². The van der Waals surface area contributed by atoms with Gasteiger partial charge in [0.15, 0.2) is 0 Å². The van der Waals surface area contributed by atoms with Gasteiger partial charge in [-0.1, -0.05) is 12.2 Å². The van der Waals surface area contributed by atoms with Gasteiger partial charge in [0.25, 0.3) is 0 Å². The van der Waals surface area contributed by atoms with E-state index in [1.54, 1.807) is 26.0 Å². The lowest BCUT2D eigenvalue weighted by atomic mass is 10.6. The van der Waals surface area contributed by atoms with E-state index in [0.717, 1.165) is 0 Å². The summed E-state index contributed by atoms with van der Waals surface area (Å²) in [5, 5.41) is 0. The molecule has 0 heterocycles. The molecule has 0 aromatic rings. The topological polar surface area (TPSA) is 71.1 Å². The molecule has 0 atom stereocenters. The fraction of sp³-hybridized carbons (Fsp3) is 0.800. The number of hydrogen-bond donors (Lipinski definition) is 0. The number of rotatable bonds is 10. The summed E-state index contributed by atoms with van der Waals surface area (Å²) in [6.07, 6.45) is 3.47. The molecule has 18 heavy (non-hydrogen) atoms. The van der Waals surface area contributed by atoms with Crippen LogP contribution in [0.25, 0.3) is 0 Å². The standard InChI is InChI=1S/C10H22O6P2/c1-5-15-18(12,16-6-2)10-8-7-9-17(11,13-3)14-4/h7-8H,5-6,9-10H2,1-4H3/b8-7+. The molecule has 0 aromatic carbocycles. The quantitative estimate of drug-likeness (QED) is 0.455. The first kappa shape index (κ1) is 18.0. The Morgan fingerprint density at radius 3 is 1.56 bits per heavy atom. The average molecular weight is 300 g/mol. The summed E-state index contributed by atoms with van der Waals surface area (Å²) in [6, 6.07) is 0. The van der Waals surface area contributed by atoms with Crippen LogP contribution in [-0.4, -0.2) is 39.8 Å². The van der Waals surface area contributed by atoms with E-state index < -0.39 is 15.2 Å². The average Bonchev–Trinajstić information content (AvgIpc) is 2.35. The summed E-state index contributed by atoms with van der Waals surface area (Å²) in [5.41, 5.74) is 0. The second-order valence-electron chi connectivity index (χ2n) is 3.26.